The van der Waals surface area contributed by atoms with Gasteiger partial charge in [0.1, 0.15) is 4.90 Å². The van der Waals surface area contributed by atoms with E-state index < -0.39 is 16.0 Å². The molecule has 0 bridgehead atoms. The van der Waals surface area contributed by atoms with Gasteiger partial charge in [0.15, 0.2) is 0 Å². The number of rotatable bonds is 8. The number of halogens is 1. The lowest BCUT2D eigenvalue weighted by molar-refractivity contribution is 0.0600. The van der Waals surface area contributed by atoms with E-state index in [1.54, 1.807) is 30.3 Å². The van der Waals surface area contributed by atoms with Gasteiger partial charge in [0.25, 0.3) is 10.0 Å². The molecule has 0 saturated carbocycles. The molecule has 0 spiro atoms. The SMILES string of the molecule is COC(=O)c1ccc(NCCC(C)C)c(S(=O)(=O)Nc2ccc(Cl)cc2)c1. The van der Waals surface area contributed by atoms with Gasteiger partial charge in [0, 0.05) is 17.3 Å². The summed E-state index contributed by atoms with van der Waals surface area (Å²) in [5.74, 6) is -0.134. The zero-order chi connectivity index (χ0) is 20.0. The maximum atomic E-state index is 12.9. The molecule has 27 heavy (non-hydrogen) atoms. The molecule has 0 heterocycles. The molecule has 0 saturated heterocycles. The fourth-order valence-corrected chi connectivity index (χ4v) is 3.75. The largest absolute Gasteiger partial charge is 0.465 e. The summed E-state index contributed by atoms with van der Waals surface area (Å²) < 4.78 is 33.1. The molecule has 146 valence electrons. The van der Waals surface area contributed by atoms with Crippen molar-refractivity contribution in [1.29, 1.82) is 0 Å². The van der Waals surface area contributed by atoms with Crippen LogP contribution in [-0.4, -0.2) is 28.0 Å². The van der Waals surface area contributed by atoms with Gasteiger partial charge in [-0.1, -0.05) is 25.4 Å². The van der Waals surface area contributed by atoms with Crippen LogP contribution in [0.1, 0.15) is 30.6 Å². The number of esters is 1. The number of methoxy groups -OCH3 is 1. The summed E-state index contributed by atoms with van der Waals surface area (Å²) in [6.45, 7) is 4.78. The second kappa shape index (κ2) is 9.10. The molecule has 0 aromatic heterocycles. The first-order chi connectivity index (χ1) is 12.7. The molecule has 0 unspecified atom stereocenters. The number of carbonyl (C=O) groups excluding carboxylic acids is 1. The van der Waals surface area contributed by atoms with Crippen molar-refractivity contribution in [3.63, 3.8) is 0 Å². The van der Waals surface area contributed by atoms with Crippen LogP contribution in [0.3, 0.4) is 0 Å². The van der Waals surface area contributed by atoms with Crippen molar-refractivity contribution in [3.8, 4) is 0 Å². The van der Waals surface area contributed by atoms with Gasteiger partial charge in [0.2, 0.25) is 0 Å². The smallest absolute Gasteiger partial charge is 0.337 e. The summed E-state index contributed by atoms with van der Waals surface area (Å²) in [4.78, 5) is 11.8. The molecule has 0 radical (unpaired) electrons. The van der Waals surface area contributed by atoms with E-state index in [1.165, 1.54) is 19.2 Å². The fourth-order valence-electron chi connectivity index (χ4n) is 2.36. The van der Waals surface area contributed by atoms with Gasteiger partial charge >= 0.3 is 5.97 Å². The minimum Gasteiger partial charge on any atom is -0.465 e. The van der Waals surface area contributed by atoms with Crippen molar-refractivity contribution in [2.24, 2.45) is 5.92 Å². The summed E-state index contributed by atoms with van der Waals surface area (Å²) in [5, 5.41) is 3.64. The summed E-state index contributed by atoms with van der Waals surface area (Å²) >= 11 is 5.84. The van der Waals surface area contributed by atoms with Gasteiger partial charge in [-0.05, 0) is 54.8 Å². The molecule has 2 aromatic carbocycles. The van der Waals surface area contributed by atoms with Gasteiger partial charge in [-0.15, -0.1) is 0 Å². The van der Waals surface area contributed by atoms with E-state index >= 15 is 0 Å². The monoisotopic (exact) mass is 410 g/mol. The second-order valence-corrected chi connectivity index (χ2v) is 8.51. The van der Waals surface area contributed by atoms with Gasteiger partial charge in [-0.25, -0.2) is 13.2 Å². The van der Waals surface area contributed by atoms with Crippen molar-refractivity contribution in [3.05, 3.63) is 53.1 Å². The van der Waals surface area contributed by atoms with Crippen LogP contribution in [0.25, 0.3) is 0 Å². The molecule has 0 fully saturated rings. The van der Waals surface area contributed by atoms with Crippen LogP contribution >= 0.6 is 11.6 Å². The third-order valence-corrected chi connectivity index (χ3v) is 5.50. The number of nitrogens with one attached hydrogen (secondary N) is 2. The molecule has 0 aliphatic heterocycles. The molecular formula is C19H23ClN2O4S. The molecule has 6 nitrogen and oxygen atoms in total. The Labute approximate surface area is 164 Å². The Morgan fingerprint density at radius 3 is 2.41 bits per heavy atom. The normalized spacial score (nSPS) is 11.3. The number of hydrogen-bond acceptors (Lipinski definition) is 5. The number of ether oxygens (including phenoxy) is 1. The number of benzene rings is 2. The minimum atomic E-state index is -3.94. The number of carbonyl (C=O) groups is 1. The zero-order valence-corrected chi connectivity index (χ0v) is 17.0. The Morgan fingerprint density at radius 2 is 1.81 bits per heavy atom. The molecule has 0 atom stereocenters. The van der Waals surface area contributed by atoms with Crippen molar-refractivity contribution in [2.45, 2.75) is 25.2 Å². The molecule has 2 rings (SSSR count). The van der Waals surface area contributed by atoms with Crippen molar-refractivity contribution in [1.82, 2.24) is 0 Å². The minimum absolute atomic E-state index is 0.0240. The summed E-state index contributed by atoms with van der Waals surface area (Å²) in [5.41, 5.74) is 0.948. The van der Waals surface area contributed by atoms with Crippen LogP contribution in [0.5, 0.6) is 0 Å². The lowest BCUT2D eigenvalue weighted by Crippen LogP contribution is -2.17. The first kappa shape index (κ1) is 21.1. The van der Waals surface area contributed by atoms with Crippen LogP contribution < -0.4 is 10.0 Å². The Kier molecular flexibility index (Phi) is 7.10. The van der Waals surface area contributed by atoms with Gasteiger partial charge in [0.05, 0.1) is 18.4 Å². The van der Waals surface area contributed by atoms with Crippen LogP contribution in [0, 0.1) is 5.92 Å². The van der Waals surface area contributed by atoms with Crippen LogP contribution in [-0.2, 0) is 14.8 Å². The molecule has 0 aliphatic carbocycles. The first-order valence-electron chi connectivity index (χ1n) is 8.47. The average Bonchev–Trinajstić information content (AvgIpc) is 2.62. The Morgan fingerprint density at radius 1 is 1.15 bits per heavy atom. The number of sulfonamides is 1. The molecule has 0 aliphatic rings. The van der Waals surface area contributed by atoms with Gasteiger partial charge in [-0.3, -0.25) is 4.72 Å². The summed E-state index contributed by atoms with van der Waals surface area (Å²) in [6.07, 6.45) is 0.878. The van der Waals surface area contributed by atoms with E-state index in [-0.39, 0.29) is 10.5 Å². The maximum Gasteiger partial charge on any atom is 0.337 e. The van der Waals surface area contributed by atoms with E-state index in [9.17, 15) is 13.2 Å². The van der Waals surface area contributed by atoms with E-state index in [0.29, 0.717) is 28.9 Å². The van der Waals surface area contributed by atoms with Crippen LogP contribution in [0.2, 0.25) is 5.02 Å². The van der Waals surface area contributed by atoms with Crippen molar-refractivity contribution in [2.75, 3.05) is 23.7 Å². The summed E-state index contributed by atoms with van der Waals surface area (Å²) in [7, 11) is -2.69. The lowest BCUT2D eigenvalue weighted by Gasteiger charge is -2.16. The summed E-state index contributed by atoms with van der Waals surface area (Å²) in [6, 6.07) is 10.7. The average molecular weight is 411 g/mol. The Bertz CT molecular complexity index is 896. The number of hydrogen-bond donors (Lipinski definition) is 2. The molecule has 0 amide bonds. The quantitative estimate of drug-likeness (QED) is 0.630. The second-order valence-electron chi connectivity index (χ2n) is 6.42. The van der Waals surface area contributed by atoms with Crippen LogP contribution in [0.4, 0.5) is 11.4 Å². The topological polar surface area (TPSA) is 84.5 Å². The Balaban J connectivity index is 2.38. The fraction of sp³-hybridized carbons (Fsp3) is 0.316. The zero-order valence-electron chi connectivity index (χ0n) is 15.5. The van der Waals surface area contributed by atoms with Crippen molar-refractivity contribution >= 4 is 39.0 Å². The maximum absolute atomic E-state index is 12.9. The van der Waals surface area contributed by atoms with E-state index in [2.05, 4.69) is 23.9 Å². The highest BCUT2D eigenvalue weighted by molar-refractivity contribution is 7.92. The highest BCUT2D eigenvalue weighted by atomic mass is 35.5. The molecular weight excluding hydrogens is 388 g/mol. The van der Waals surface area contributed by atoms with Crippen molar-refractivity contribution < 1.29 is 17.9 Å². The standard InChI is InChI=1S/C19H23ClN2O4S/c1-13(2)10-11-21-17-9-4-14(19(23)26-3)12-18(17)27(24,25)22-16-7-5-15(20)6-8-16/h4-9,12-13,21-22H,10-11H2,1-3H3. The van der Waals surface area contributed by atoms with E-state index in [4.69, 9.17) is 16.3 Å². The predicted octanol–water partition coefficient (Wildman–Crippen LogP) is 4.39. The van der Waals surface area contributed by atoms with Crippen LogP contribution in [0.15, 0.2) is 47.4 Å². The predicted molar refractivity (Wildman–Crippen MR) is 108 cm³/mol. The molecule has 8 heteroatoms. The Hall–Kier alpha value is -2.25. The van der Waals surface area contributed by atoms with Gasteiger partial charge in [-0.2, -0.15) is 0 Å². The highest BCUT2D eigenvalue weighted by Crippen LogP contribution is 2.26. The first-order valence-corrected chi connectivity index (χ1v) is 10.3. The molecule has 2 aromatic rings. The lowest BCUT2D eigenvalue weighted by atomic mass is 10.1. The third-order valence-electron chi connectivity index (χ3n) is 3.83. The number of anilines is 2. The van der Waals surface area contributed by atoms with Gasteiger partial charge < -0.3 is 10.1 Å². The van der Waals surface area contributed by atoms with E-state index in [0.717, 1.165) is 6.42 Å². The van der Waals surface area contributed by atoms with E-state index in [1.807, 2.05) is 0 Å². The third kappa shape index (κ3) is 5.87. The molecule has 2 N–H and O–H groups in total. The highest BCUT2D eigenvalue weighted by Gasteiger charge is 2.21.